The molecule has 1 heterocycles. The van der Waals surface area contributed by atoms with Crippen molar-refractivity contribution < 1.29 is 19.1 Å². The maximum Gasteiger partial charge on any atom is 0.328 e. The summed E-state index contributed by atoms with van der Waals surface area (Å²) >= 11 is 0. The summed E-state index contributed by atoms with van der Waals surface area (Å²) < 4.78 is 4.89. The Hall–Kier alpha value is -2.37. The third-order valence-corrected chi connectivity index (χ3v) is 4.07. The second kappa shape index (κ2) is 8.47. The minimum absolute atomic E-state index is 0.0670. The summed E-state index contributed by atoms with van der Waals surface area (Å²) in [6.45, 7) is 4.13. The molecule has 0 aromatic heterocycles. The van der Waals surface area contributed by atoms with Crippen LogP contribution in [0.25, 0.3) is 0 Å². The van der Waals surface area contributed by atoms with E-state index in [0.717, 1.165) is 12.0 Å². The lowest BCUT2D eigenvalue weighted by molar-refractivity contribution is -0.147. The van der Waals surface area contributed by atoms with Crippen molar-refractivity contribution in [2.75, 3.05) is 13.2 Å². The third kappa shape index (κ3) is 4.57. The van der Waals surface area contributed by atoms with Crippen LogP contribution >= 0.6 is 0 Å². The summed E-state index contributed by atoms with van der Waals surface area (Å²) in [5.74, 6) is -0.830. The number of carbonyl (C=O) groups is 3. The molecule has 6 nitrogen and oxygen atoms in total. The molecular weight excluding hydrogens is 308 g/mol. The van der Waals surface area contributed by atoms with Crippen LogP contribution in [-0.2, 0) is 25.5 Å². The Kier molecular flexibility index (Phi) is 6.35. The van der Waals surface area contributed by atoms with E-state index in [0.29, 0.717) is 13.0 Å². The van der Waals surface area contributed by atoms with E-state index in [-0.39, 0.29) is 24.8 Å². The largest absolute Gasteiger partial charge is 0.464 e. The number of benzene rings is 1. The second-order valence-electron chi connectivity index (χ2n) is 5.89. The lowest BCUT2D eigenvalue weighted by atomic mass is 10.1. The van der Waals surface area contributed by atoms with Crippen molar-refractivity contribution in [3.63, 3.8) is 0 Å². The molecule has 1 aliphatic heterocycles. The molecule has 0 spiro atoms. The minimum Gasteiger partial charge on any atom is -0.464 e. The molecule has 0 radical (unpaired) electrons. The number of rotatable bonds is 6. The van der Waals surface area contributed by atoms with Crippen LogP contribution in [0, 0.1) is 0 Å². The number of ether oxygens (including phenoxy) is 1. The van der Waals surface area contributed by atoms with Crippen LogP contribution in [-0.4, -0.2) is 47.9 Å². The van der Waals surface area contributed by atoms with E-state index in [1.807, 2.05) is 30.3 Å². The van der Waals surface area contributed by atoms with E-state index >= 15 is 0 Å². The summed E-state index contributed by atoms with van der Waals surface area (Å²) in [5, 5.41) is 2.65. The van der Waals surface area contributed by atoms with Crippen molar-refractivity contribution in [2.45, 2.75) is 45.2 Å². The molecule has 0 unspecified atom stereocenters. The van der Waals surface area contributed by atoms with Crippen LogP contribution in [0.1, 0.15) is 32.3 Å². The number of amides is 2. The first-order chi connectivity index (χ1) is 11.5. The fourth-order valence-corrected chi connectivity index (χ4v) is 2.85. The van der Waals surface area contributed by atoms with Crippen molar-refractivity contribution in [1.29, 1.82) is 0 Å². The summed E-state index contributed by atoms with van der Waals surface area (Å²) in [6, 6.07) is 8.23. The number of likely N-dealkylation sites (tertiary alicyclic amines) is 1. The number of nitrogens with one attached hydrogen (secondary N) is 1. The molecule has 1 aliphatic rings. The third-order valence-electron chi connectivity index (χ3n) is 4.07. The standard InChI is InChI=1S/C18H24N2O4/c1-3-24-18(23)13(2)19-17(22)15-10-7-11-20(15)16(21)12-14-8-5-4-6-9-14/h4-6,8-9,13,15H,3,7,10-12H2,1-2H3,(H,19,22)/t13-,15-/m0/s1. The van der Waals surface area contributed by atoms with Crippen LogP contribution in [0.4, 0.5) is 0 Å². The van der Waals surface area contributed by atoms with E-state index in [4.69, 9.17) is 4.74 Å². The Labute approximate surface area is 142 Å². The molecule has 2 amide bonds. The van der Waals surface area contributed by atoms with Gasteiger partial charge in [0.05, 0.1) is 13.0 Å². The molecule has 0 bridgehead atoms. The zero-order valence-corrected chi connectivity index (χ0v) is 14.2. The number of hydrogen-bond donors (Lipinski definition) is 1. The lowest BCUT2D eigenvalue weighted by Crippen LogP contribution is -2.50. The Bertz CT molecular complexity index is 588. The fraction of sp³-hybridized carbons (Fsp3) is 0.500. The minimum atomic E-state index is -0.718. The van der Waals surface area contributed by atoms with Gasteiger partial charge >= 0.3 is 5.97 Å². The highest BCUT2D eigenvalue weighted by Crippen LogP contribution is 2.19. The van der Waals surface area contributed by atoms with Gasteiger partial charge in [0.2, 0.25) is 11.8 Å². The lowest BCUT2D eigenvalue weighted by Gasteiger charge is -2.25. The predicted octanol–water partition coefficient (Wildman–Crippen LogP) is 1.29. The first-order valence-electron chi connectivity index (χ1n) is 8.33. The molecule has 0 aliphatic carbocycles. The van der Waals surface area contributed by atoms with Gasteiger partial charge in [0.1, 0.15) is 12.1 Å². The molecule has 130 valence electrons. The van der Waals surface area contributed by atoms with Gasteiger partial charge in [-0.3, -0.25) is 9.59 Å². The Morgan fingerprint density at radius 3 is 2.67 bits per heavy atom. The van der Waals surface area contributed by atoms with E-state index in [9.17, 15) is 14.4 Å². The summed E-state index contributed by atoms with van der Waals surface area (Å²) in [6.07, 6.45) is 1.67. The van der Waals surface area contributed by atoms with Crippen molar-refractivity contribution in [3.8, 4) is 0 Å². The smallest absolute Gasteiger partial charge is 0.328 e. The van der Waals surface area contributed by atoms with Crippen molar-refractivity contribution >= 4 is 17.8 Å². The highest BCUT2D eigenvalue weighted by atomic mass is 16.5. The molecule has 1 aromatic carbocycles. The quantitative estimate of drug-likeness (QED) is 0.797. The molecule has 0 saturated carbocycles. The zero-order chi connectivity index (χ0) is 17.5. The predicted molar refractivity (Wildman–Crippen MR) is 89.1 cm³/mol. The molecule has 1 saturated heterocycles. The van der Waals surface area contributed by atoms with Crippen LogP contribution in [0.3, 0.4) is 0 Å². The zero-order valence-electron chi connectivity index (χ0n) is 14.2. The first kappa shape index (κ1) is 18.0. The number of hydrogen-bond acceptors (Lipinski definition) is 4. The summed E-state index contributed by atoms with van der Waals surface area (Å²) in [5.41, 5.74) is 0.924. The van der Waals surface area contributed by atoms with Gasteiger partial charge in [-0.05, 0) is 32.3 Å². The van der Waals surface area contributed by atoms with Gasteiger partial charge in [-0.1, -0.05) is 30.3 Å². The molecule has 1 N–H and O–H groups in total. The maximum atomic E-state index is 12.5. The van der Waals surface area contributed by atoms with Gasteiger partial charge in [0, 0.05) is 6.54 Å². The summed E-state index contributed by atoms with van der Waals surface area (Å²) in [4.78, 5) is 38.2. The Morgan fingerprint density at radius 2 is 2.00 bits per heavy atom. The van der Waals surface area contributed by atoms with E-state index < -0.39 is 18.1 Å². The average Bonchev–Trinajstić information content (AvgIpc) is 3.05. The van der Waals surface area contributed by atoms with Gasteiger partial charge < -0.3 is 15.0 Å². The maximum absolute atomic E-state index is 12.5. The van der Waals surface area contributed by atoms with Crippen LogP contribution in [0.2, 0.25) is 0 Å². The molecular formula is C18H24N2O4. The van der Waals surface area contributed by atoms with E-state index in [1.165, 1.54) is 0 Å². The highest BCUT2D eigenvalue weighted by molar-refractivity contribution is 5.91. The Morgan fingerprint density at radius 1 is 1.29 bits per heavy atom. The summed E-state index contributed by atoms with van der Waals surface area (Å²) in [7, 11) is 0. The molecule has 6 heteroatoms. The number of esters is 1. The average molecular weight is 332 g/mol. The molecule has 24 heavy (non-hydrogen) atoms. The molecule has 2 rings (SSSR count). The van der Waals surface area contributed by atoms with Crippen LogP contribution in [0.5, 0.6) is 0 Å². The van der Waals surface area contributed by atoms with Gasteiger partial charge in [-0.15, -0.1) is 0 Å². The SMILES string of the molecule is CCOC(=O)[C@H](C)NC(=O)[C@@H]1CCCN1C(=O)Cc1ccccc1. The van der Waals surface area contributed by atoms with Gasteiger partial charge in [-0.2, -0.15) is 0 Å². The molecule has 1 fully saturated rings. The second-order valence-corrected chi connectivity index (χ2v) is 5.89. The van der Waals surface area contributed by atoms with Crippen LogP contribution < -0.4 is 5.32 Å². The van der Waals surface area contributed by atoms with Crippen molar-refractivity contribution in [1.82, 2.24) is 10.2 Å². The highest BCUT2D eigenvalue weighted by Gasteiger charge is 2.35. The molecule has 2 atom stereocenters. The van der Waals surface area contributed by atoms with Crippen molar-refractivity contribution in [2.24, 2.45) is 0 Å². The number of nitrogens with zero attached hydrogens (tertiary/aromatic N) is 1. The Balaban J connectivity index is 1.95. The van der Waals surface area contributed by atoms with Gasteiger partial charge in [0.25, 0.3) is 0 Å². The monoisotopic (exact) mass is 332 g/mol. The van der Waals surface area contributed by atoms with Gasteiger partial charge in [-0.25, -0.2) is 4.79 Å². The molecule has 1 aromatic rings. The van der Waals surface area contributed by atoms with Gasteiger partial charge in [0.15, 0.2) is 0 Å². The van der Waals surface area contributed by atoms with Crippen LogP contribution in [0.15, 0.2) is 30.3 Å². The topological polar surface area (TPSA) is 75.7 Å². The fourth-order valence-electron chi connectivity index (χ4n) is 2.85. The van der Waals surface area contributed by atoms with E-state index in [1.54, 1.807) is 18.7 Å². The normalized spacial score (nSPS) is 18.1. The van der Waals surface area contributed by atoms with E-state index in [2.05, 4.69) is 5.32 Å². The first-order valence-corrected chi connectivity index (χ1v) is 8.33. The van der Waals surface area contributed by atoms with Crippen molar-refractivity contribution in [3.05, 3.63) is 35.9 Å². The number of carbonyl (C=O) groups excluding carboxylic acids is 3.